The summed E-state index contributed by atoms with van der Waals surface area (Å²) in [6, 6.07) is 4.79. The van der Waals surface area contributed by atoms with E-state index in [0.717, 1.165) is 43.9 Å². The van der Waals surface area contributed by atoms with Gasteiger partial charge in [0.2, 0.25) is 0 Å². The fourth-order valence-corrected chi connectivity index (χ4v) is 5.53. The molecule has 0 spiro atoms. The third-order valence-corrected chi connectivity index (χ3v) is 7.25. The minimum absolute atomic E-state index is 0.0158. The zero-order valence-electron chi connectivity index (χ0n) is 16.4. The number of rotatable bonds is 5. The van der Waals surface area contributed by atoms with Crippen molar-refractivity contribution in [3.8, 4) is 5.75 Å². The van der Waals surface area contributed by atoms with E-state index in [1.54, 1.807) is 0 Å². The highest BCUT2D eigenvalue weighted by molar-refractivity contribution is 5.22. The third kappa shape index (κ3) is 4.67. The SMILES string of the molecule is Fc1ccc(OC(F)(F)C2CCC(C3CCC(C4CCCC4)CO3)CC2)cc1. The van der Waals surface area contributed by atoms with Crippen LogP contribution >= 0.6 is 0 Å². The Hall–Kier alpha value is -1.23. The molecule has 2 unspecified atom stereocenters. The highest BCUT2D eigenvalue weighted by Crippen LogP contribution is 2.44. The Morgan fingerprint density at radius 2 is 1.43 bits per heavy atom. The van der Waals surface area contributed by atoms with Gasteiger partial charge in [-0.25, -0.2) is 4.39 Å². The average Bonchev–Trinajstić information content (AvgIpc) is 3.25. The van der Waals surface area contributed by atoms with E-state index in [-0.39, 0.29) is 11.9 Å². The molecule has 28 heavy (non-hydrogen) atoms. The summed E-state index contributed by atoms with van der Waals surface area (Å²) in [5.74, 6) is 0.717. The van der Waals surface area contributed by atoms with Gasteiger partial charge in [-0.3, -0.25) is 0 Å². The van der Waals surface area contributed by atoms with E-state index in [2.05, 4.69) is 0 Å². The number of hydrogen-bond acceptors (Lipinski definition) is 2. The molecule has 1 saturated heterocycles. The molecule has 0 radical (unpaired) electrons. The number of halogens is 3. The van der Waals surface area contributed by atoms with Crippen LogP contribution in [0.2, 0.25) is 0 Å². The van der Waals surface area contributed by atoms with Crippen molar-refractivity contribution < 1.29 is 22.6 Å². The van der Waals surface area contributed by atoms with Crippen LogP contribution in [0.1, 0.15) is 64.2 Å². The normalized spacial score (nSPS) is 32.4. The Kier molecular flexibility index (Phi) is 6.19. The van der Waals surface area contributed by atoms with Crippen molar-refractivity contribution in [3.63, 3.8) is 0 Å². The predicted molar refractivity (Wildman–Crippen MR) is 102 cm³/mol. The van der Waals surface area contributed by atoms with Gasteiger partial charge >= 0.3 is 6.11 Å². The lowest BCUT2D eigenvalue weighted by molar-refractivity contribution is -0.225. The molecule has 3 aliphatic rings. The lowest BCUT2D eigenvalue weighted by atomic mass is 9.75. The molecule has 0 aromatic heterocycles. The van der Waals surface area contributed by atoms with Crippen molar-refractivity contribution in [2.75, 3.05) is 6.61 Å². The molecular formula is C23H31F3O2. The molecule has 3 fully saturated rings. The fourth-order valence-electron chi connectivity index (χ4n) is 5.53. The van der Waals surface area contributed by atoms with E-state index in [9.17, 15) is 13.2 Å². The molecule has 1 heterocycles. The van der Waals surface area contributed by atoms with Gasteiger partial charge in [-0.2, -0.15) is 8.78 Å². The van der Waals surface area contributed by atoms with Gasteiger partial charge in [-0.15, -0.1) is 0 Å². The van der Waals surface area contributed by atoms with Gasteiger partial charge in [0, 0.05) is 0 Å². The smallest absolute Gasteiger partial charge is 0.400 e. The first-order chi connectivity index (χ1) is 13.5. The Labute approximate surface area is 165 Å². The first kappa shape index (κ1) is 20.1. The highest BCUT2D eigenvalue weighted by Gasteiger charge is 2.45. The van der Waals surface area contributed by atoms with Crippen LogP contribution in [0.4, 0.5) is 13.2 Å². The number of ether oxygens (including phenoxy) is 2. The second kappa shape index (κ2) is 8.64. The van der Waals surface area contributed by atoms with Crippen LogP contribution in [0, 0.1) is 29.5 Å². The Balaban J connectivity index is 1.24. The first-order valence-corrected chi connectivity index (χ1v) is 11.0. The summed E-state index contributed by atoms with van der Waals surface area (Å²) in [6.45, 7) is 0.860. The lowest BCUT2D eigenvalue weighted by Crippen LogP contribution is -2.40. The summed E-state index contributed by atoms with van der Waals surface area (Å²) in [4.78, 5) is 0. The molecule has 5 heteroatoms. The highest BCUT2D eigenvalue weighted by atomic mass is 19.3. The molecule has 2 saturated carbocycles. The van der Waals surface area contributed by atoms with Crippen molar-refractivity contribution in [2.45, 2.75) is 76.4 Å². The molecule has 0 amide bonds. The van der Waals surface area contributed by atoms with Gasteiger partial charge in [0.1, 0.15) is 11.6 Å². The molecule has 2 nitrogen and oxygen atoms in total. The first-order valence-electron chi connectivity index (χ1n) is 11.0. The summed E-state index contributed by atoms with van der Waals surface area (Å²) in [5, 5.41) is 0. The fraction of sp³-hybridized carbons (Fsp3) is 0.739. The average molecular weight is 396 g/mol. The van der Waals surface area contributed by atoms with Crippen LogP contribution < -0.4 is 4.74 Å². The third-order valence-electron chi connectivity index (χ3n) is 7.25. The zero-order chi connectivity index (χ0) is 19.6. The van der Waals surface area contributed by atoms with E-state index in [1.165, 1.54) is 44.2 Å². The number of hydrogen-bond donors (Lipinski definition) is 0. The summed E-state index contributed by atoms with van der Waals surface area (Å²) < 4.78 is 53.2. The van der Waals surface area contributed by atoms with E-state index < -0.39 is 17.8 Å². The molecule has 2 aliphatic carbocycles. The molecule has 0 N–H and O–H groups in total. The Bertz CT molecular complexity index is 611. The maximum absolute atomic E-state index is 14.5. The van der Waals surface area contributed by atoms with Crippen molar-refractivity contribution in [1.29, 1.82) is 0 Å². The molecule has 1 aromatic rings. The van der Waals surface area contributed by atoms with Crippen molar-refractivity contribution >= 4 is 0 Å². The minimum atomic E-state index is -3.22. The van der Waals surface area contributed by atoms with E-state index in [0.29, 0.717) is 24.7 Å². The zero-order valence-corrected chi connectivity index (χ0v) is 16.4. The van der Waals surface area contributed by atoms with Crippen LogP contribution in [-0.4, -0.2) is 18.8 Å². The Morgan fingerprint density at radius 3 is 2.04 bits per heavy atom. The Morgan fingerprint density at radius 1 is 0.786 bits per heavy atom. The monoisotopic (exact) mass is 396 g/mol. The summed E-state index contributed by atoms with van der Waals surface area (Å²) in [6.07, 6.45) is 7.21. The van der Waals surface area contributed by atoms with Gasteiger partial charge in [0.15, 0.2) is 0 Å². The van der Waals surface area contributed by atoms with Crippen LogP contribution in [0.3, 0.4) is 0 Å². The van der Waals surface area contributed by atoms with Gasteiger partial charge in [-0.05, 0) is 80.5 Å². The number of alkyl halides is 2. The summed E-state index contributed by atoms with van der Waals surface area (Å²) in [5.41, 5.74) is 0. The molecule has 2 atom stereocenters. The minimum Gasteiger partial charge on any atom is -0.432 e. The van der Waals surface area contributed by atoms with Gasteiger partial charge < -0.3 is 9.47 Å². The molecule has 4 rings (SSSR count). The quantitative estimate of drug-likeness (QED) is 0.559. The number of benzene rings is 1. The van der Waals surface area contributed by atoms with Crippen LogP contribution in [0.25, 0.3) is 0 Å². The molecular weight excluding hydrogens is 365 g/mol. The van der Waals surface area contributed by atoms with Crippen molar-refractivity contribution in [1.82, 2.24) is 0 Å². The van der Waals surface area contributed by atoms with Gasteiger partial charge in [0.05, 0.1) is 18.6 Å². The van der Waals surface area contributed by atoms with Crippen LogP contribution in [-0.2, 0) is 4.74 Å². The summed E-state index contributed by atoms with van der Waals surface area (Å²) >= 11 is 0. The van der Waals surface area contributed by atoms with Crippen molar-refractivity contribution in [3.05, 3.63) is 30.1 Å². The van der Waals surface area contributed by atoms with Crippen molar-refractivity contribution in [2.24, 2.45) is 23.7 Å². The molecule has 1 aromatic carbocycles. The van der Waals surface area contributed by atoms with E-state index in [4.69, 9.17) is 9.47 Å². The standard InChI is InChI=1S/C23H31F3O2/c24-20-10-12-21(13-11-20)28-23(25,26)19-8-5-17(6-9-19)22-14-7-18(15-27-22)16-3-1-2-4-16/h10-13,16-19,22H,1-9,14-15H2. The maximum Gasteiger partial charge on any atom is 0.400 e. The second-order valence-electron chi connectivity index (χ2n) is 8.98. The largest absolute Gasteiger partial charge is 0.432 e. The van der Waals surface area contributed by atoms with Gasteiger partial charge in [0.25, 0.3) is 0 Å². The van der Waals surface area contributed by atoms with E-state index in [1.807, 2.05) is 0 Å². The molecule has 0 bridgehead atoms. The van der Waals surface area contributed by atoms with Crippen LogP contribution in [0.5, 0.6) is 5.75 Å². The molecule has 1 aliphatic heterocycles. The van der Waals surface area contributed by atoms with Gasteiger partial charge in [-0.1, -0.05) is 25.7 Å². The maximum atomic E-state index is 14.5. The summed E-state index contributed by atoms with van der Waals surface area (Å²) in [7, 11) is 0. The van der Waals surface area contributed by atoms with Crippen LogP contribution in [0.15, 0.2) is 24.3 Å². The van der Waals surface area contributed by atoms with E-state index >= 15 is 0 Å². The topological polar surface area (TPSA) is 18.5 Å². The molecule has 156 valence electrons. The predicted octanol–water partition coefficient (Wildman–Crippen LogP) is 6.59. The second-order valence-corrected chi connectivity index (χ2v) is 8.98. The lowest BCUT2D eigenvalue weighted by Gasteiger charge is -2.40.